The molecule has 1 aliphatic heterocycles. The first-order chi connectivity index (χ1) is 8.66. The molecule has 1 unspecified atom stereocenters. The van der Waals surface area contributed by atoms with Gasteiger partial charge in [0.05, 0.1) is 13.2 Å². The maximum atomic E-state index is 11.5. The van der Waals surface area contributed by atoms with Crippen LogP contribution in [0, 0.1) is 0 Å². The number of nitrogens with one attached hydrogen (secondary N) is 2. The van der Waals surface area contributed by atoms with Crippen molar-refractivity contribution in [1.82, 2.24) is 10.6 Å². The van der Waals surface area contributed by atoms with Gasteiger partial charge in [-0.15, -0.1) is 0 Å². The molecule has 1 heterocycles. The van der Waals surface area contributed by atoms with Crippen molar-refractivity contribution in [3.63, 3.8) is 0 Å². The van der Waals surface area contributed by atoms with Gasteiger partial charge in [-0.05, 0) is 19.9 Å². The van der Waals surface area contributed by atoms with E-state index in [1.54, 1.807) is 0 Å². The quantitative estimate of drug-likeness (QED) is 0.825. The van der Waals surface area contributed by atoms with Gasteiger partial charge in [-0.3, -0.25) is 4.79 Å². The van der Waals surface area contributed by atoms with Gasteiger partial charge in [-0.2, -0.15) is 0 Å². The Morgan fingerprint density at radius 1 is 1.44 bits per heavy atom. The Kier molecular flexibility index (Phi) is 4.20. The summed E-state index contributed by atoms with van der Waals surface area (Å²) >= 11 is 0. The third kappa shape index (κ3) is 3.23. The number of fused-ring (bicyclic) bond motifs is 1. The van der Waals surface area contributed by atoms with Gasteiger partial charge >= 0.3 is 0 Å². The maximum Gasteiger partial charge on any atom is 0.234 e. The first-order valence-electron chi connectivity index (χ1n) is 6.38. The van der Waals surface area contributed by atoms with Gasteiger partial charge in [0.2, 0.25) is 5.91 Å². The van der Waals surface area contributed by atoms with Crippen molar-refractivity contribution >= 4 is 5.91 Å². The molecule has 1 aromatic rings. The Labute approximate surface area is 108 Å². The van der Waals surface area contributed by atoms with Crippen LogP contribution >= 0.6 is 0 Å². The fourth-order valence-electron chi connectivity index (χ4n) is 2.13. The molecule has 1 atom stereocenters. The summed E-state index contributed by atoms with van der Waals surface area (Å²) in [7, 11) is 0. The van der Waals surface area contributed by atoms with E-state index in [1.807, 2.05) is 32.0 Å². The van der Waals surface area contributed by atoms with E-state index < -0.39 is 0 Å². The second kappa shape index (κ2) is 5.87. The highest BCUT2D eigenvalue weighted by Gasteiger charge is 2.23. The topological polar surface area (TPSA) is 50.4 Å². The zero-order valence-corrected chi connectivity index (χ0v) is 10.9. The van der Waals surface area contributed by atoms with Crippen molar-refractivity contribution in [3.05, 3.63) is 29.8 Å². The summed E-state index contributed by atoms with van der Waals surface area (Å²) in [6.45, 7) is 5.73. The Hall–Kier alpha value is -1.55. The van der Waals surface area contributed by atoms with E-state index in [1.165, 1.54) is 5.56 Å². The van der Waals surface area contributed by atoms with Gasteiger partial charge in [0.25, 0.3) is 0 Å². The molecule has 18 heavy (non-hydrogen) atoms. The predicted octanol–water partition coefficient (Wildman–Crippen LogP) is 1.28. The lowest BCUT2D eigenvalue weighted by atomic mass is 10.0. The molecule has 0 bridgehead atoms. The average molecular weight is 248 g/mol. The van der Waals surface area contributed by atoms with Crippen molar-refractivity contribution < 1.29 is 9.53 Å². The maximum absolute atomic E-state index is 11.5. The number of benzene rings is 1. The van der Waals surface area contributed by atoms with E-state index >= 15 is 0 Å². The Morgan fingerprint density at radius 2 is 2.22 bits per heavy atom. The molecule has 1 aromatic carbocycles. The number of rotatable bonds is 5. The van der Waals surface area contributed by atoms with Gasteiger partial charge < -0.3 is 15.4 Å². The predicted molar refractivity (Wildman–Crippen MR) is 70.8 cm³/mol. The fourth-order valence-corrected chi connectivity index (χ4v) is 2.13. The van der Waals surface area contributed by atoms with Crippen molar-refractivity contribution in [1.29, 1.82) is 0 Å². The third-order valence-corrected chi connectivity index (χ3v) is 2.92. The Bertz CT molecular complexity index is 418. The zero-order chi connectivity index (χ0) is 13.0. The lowest BCUT2D eigenvalue weighted by Gasteiger charge is -2.12. The summed E-state index contributed by atoms with van der Waals surface area (Å²) < 4.78 is 5.59. The second-order valence-corrected chi connectivity index (χ2v) is 4.90. The summed E-state index contributed by atoms with van der Waals surface area (Å²) in [6, 6.07) is 8.26. The molecule has 0 radical (unpaired) electrons. The minimum atomic E-state index is 0.0391. The van der Waals surface area contributed by atoms with Crippen LogP contribution in [0.2, 0.25) is 0 Å². The molecule has 4 heteroatoms. The zero-order valence-electron chi connectivity index (χ0n) is 10.9. The first-order valence-corrected chi connectivity index (χ1v) is 6.38. The van der Waals surface area contributed by atoms with Crippen LogP contribution in [0.15, 0.2) is 24.3 Å². The largest absolute Gasteiger partial charge is 0.493 e. The van der Waals surface area contributed by atoms with Crippen LogP contribution in [0.5, 0.6) is 5.75 Å². The molecule has 0 saturated carbocycles. The number of ether oxygens (including phenoxy) is 1. The van der Waals surface area contributed by atoms with Crippen LogP contribution in [-0.2, 0) is 4.79 Å². The smallest absolute Gasteiger partial charge is 0.234 e. The number of hydrogen-bond acceptors (Lipinski definition) is 3. The summed E-state index contributed by atoms with van der Waals surface area (Å²) in [5.41, 5.74) is 1.23. The molecule has 2 rings (SSSR count). The molecular weight excluding hydrogens is 228 g/mol. The molecule has 1 amide bonds. The van der Waals surface area contributed by atoms with Crippen molar-refractivity contribution in [2.45, 2.75) is 25.8 Å². The number of amides is 1. The van der Waals surface area contributed by atoms with Crippen LogP contribution in [0.4, 0.5) is 0 Å². The van der Waals surface area contributed by atoms with E-state index in [0.717, 1.165) is 12.3 Å². The molecule has 0 aromatic heterocycles. The summed E-state index contributed by atoms with van der Waals surface area (Å²) in [5.74, 6) is 1.35. The lowest BCUT2D eigenvalue weighted by molar-refractivity contribution is -0.120. The molecule has 0 aliphatic carbocycles. The van der Waals surface area contributed by atoms with Crippen molar-refractivity contribution in [2.75, 3.05) is 19.7 Å². The first kappa shape index (κ1) is 12.9. The Morgan fingerprint density at radius 3 is 3.00 bits per heavy atom. The van der Waals surface area contributed by atoms with Crippen molar-refractivity contribution in [2.24, 2.45) is 0 Å². The minimum absolute atomic E-state index is 0.0391. The summed E-state index contributed by atoms with van der Waals surface area (Å²) in [6.07, 6.45) is 0. The lowest BCUT2D eigenvalue weighted by Crippen LogP contribution is -2.39. The molecule has 98 valence electrons. The van der Waals surface area contributed by atoms with Gasteiger partial charge in [-0.25, -0.2) is 0 Å². The molecule has 0 fully saturated rings. The van der Waals surface area contributed by atoms with Crippen LogP contribution in [0.25, 0.3) is 0 Å². The number of hydrogen-bond donors (Lipinski definition) is 2. The number of carbonyl (C=O) groups is 1. The van der Waals surface area contributed by atoms with Crippen molar-refractivity contribution in [3.8, 4) is 5.75 Å². The normalized spacial score (nSPS) is 17.4. The van der Waals surface area contributed by atoms with E-state index in [2.05, 4.69) is 16.7 Å². The van der Waals surface area contributed by atoms with Crippen LogP contribution in [0.1, 0.15) is 25.3 Å². The van der Waals surface area contributed by atoms with E-state index in [0.29, 0.717) is 19.1 Å². The number of carbonyl (C=O) groups excluding carboxylic acids is 1. The van der Waals surface area contributed by atoms with Gasteiger partial charge in [0, 0.05) is 24.1 Å². The number of para-hydroxylation sites is 1. The van der Waals surface area contributed by atoms with Gasteiger partial charge in [-0.1, -0.05) is 18.2 Å². The van der Waals surface area contributed by atoms with Crippen LogP contribution in [0.3, 0.4) is 0 Å². The Balaban J connectivity index is 1.77. The summed E-state index contributed by atoms with van der Waals surface area (Å²) in [5, 5.41) is 6.04. The molecular formula is C14H20N2O2. The van der Waals surface area contributed by atoms with E-state index in [4.69, 9.17) is 4.74 Å². The standard InChI is InChI=1S/C14H20N2O2/c1-10(2)16-14(17)8-15-7-11-9-18-13-6-4-3-5-12(11)13/h3-6,10-11,15H,7-9H2,1-2H3,(H,16,17). The molecule has 1 aliphatic rings. The fraction of sp³-hybridized carbons (Fsp3) is 0.500. The van der Waals surface area contributed by atoms with E-state index in [-0.39, 0.29) is 11.9 Å². The minimum Gasteiger partial charge on any atom is -0.493 e. The molecule has 2 N–H and O–H groups in total. The van der Waals surface area contributed by atoms with Gasteiger partial charge in [0.15, 0.2) is 0 Å². The van der Waals surface area contributed by atoms with Gasteiger partial charge in [0.1, 0.15) is 5.75 Å². The summed E-state index contributed by atoms with van der Waals surface area (Å²) in [4.78, 5) is 11.5. The van der Waals surface area contributed by atoms with E-state index in [9.17, 15) is 4.79 Å². The highest BCUT2D eigenvalue weighted by Crippen LogP contribution is 2.32. The molecule has 0 spiro atoms. The van der Waals surface area contributed by atoms with Crippen LogP contribution < -0.4 is 15.4 Å². The second-order valence-electron chi connectivity index (χ2n) is 4.90. The van der Waals surface area contributed by atoms with Crippen LogP contribution in [-0.4, -0.2) is 31.6 Å². The average Bonchev–Trinajstić information content (AvgIpc) is 2.72. The highest BCUT2D eigenvalue weighted by molar-refractivity contribution is 5.78. The molecule has 0 saturated heterocycles. The highest BCUT2D eigenvalue weighted by atomic mass is 16.5. The molecule has 4 nitrogen and oxygen atoms in total. The monoisotopic (exact) mass is 248 g/mol. The SMILES string of the molecule is CC(C)NC(=O)CNCC1COc2ccccc21. The third-order valence-electron chi connectivity index (χ3n) is 2.92.